The van der Waals surface area contributed by atoms with E-state index in [0.29, 0.717) is 11.3 Å². The van der Waals surface area contributed by atoms with Crippen LogP contribution in [0.4, 0.5) is 0 Å². The van der Waals surface area contributed by atoms with Crippen LogP contribution in [-0.4, -0.2) is 57.5 Å². The van der Waals surface area contributed by atoms with Gasteiger partial charge in [-0.1, -0.05) is 30.3 Å². The first-order valence-electron chi connectivity index (χ1n) is 8.25. The van der Waals surface area contributed by atoms with Crippen LogP contribution in [0.15, 0.2) is 41.6 Å². The third-order valence-electron chi connectivity index (χ3n) is 4.22. The number of carboxylic acid groups (broad SMARTS) is 1. The first kappa shape index (κ1) is 19.0. The topological polar surface area (TPSA) is 113 Å². The van der Waals surface area contributed by atoms with Crippen LogP contribution in [0.5, 0.6) is 0 Å². The molecule has 0 aliphatic carbocycles. The molecule has 0 spiro atoms. The number of hydrogen-bond donors (Lipinski definition) is 2. The number of rotatable bonds is 6. The number of carbonyl (C=O) groups is 4. The summed E-state index contributed by atoms with van der Waals surface area (Å²) in [4.78, 5) is 48.5. The van der Waals surface area contributed by atoms with Gasteiger partial charge in [-0.2, -0.15) is 0 Å². The highest BCUT2D eigenvalue weighted by Crippen LogP contribution is 2.40. The van der Waals surface area contributed by atoms with E-state index in [1.807, 2.05) is 30.3 Å². The molecule has 0 bridgehead atoms. The molecule has 0 aromatic heterocycles. The molecule has 2 aliphatic heterocycles. The van der Waals surface area contributed by atoms with Gasteiger partial charge in [0.25, 0.3) is 5.91 Å². The van der Waals surface area contributed by atoms with Crippen molar-refractivity contribution in [2.45, 2.75) is 24.8 Å². The normalized spacial score (nSPS) is 21.2. The van der Waals surface area contributed by atoms with Crippen LogP contribution in [0.1, 0.15) is 12.5 Å². The van der Waals surface area contributed by atoms with Gasteiger partial charge in [0.2, 0.25) is 5.91 Å². The highest BCUT2D eigenvalue weighted by Gasteiger charge is 2.54. The van der Waals surface area contributed by atoms with E-state index in [2.05, 4.69) is 5.32 Å². The maximum absolute atomic E-state index is 12.5. The van der Waals surface area contributed by atoms with Crippen molar-refractivity contribution in [2.24, 2.45) is 0 Å². The molecule has 2 atom stereocenters. The van der Waals surface area contributed by atoms with Gasteiger partial charge < -0.3 is 15.2 Å². The van der Waals surface area contributed by atoms with E-state index in [1.165, 1.54) is 18.7 Å². The highest BCUT2D eigenvalue weighted by molar-refractivity contribution is 8.00. The second-order valence-corrected chi connectivity index (χ2v) is 7.26. The van der Waals surface area contributed by atoms with Crippen LogP contribution in [0.2, 0.25) is 0 Å². The van der Waals surface area contributed by atoms with E-state index >= 15 is 0 Å². The van der Waals surface area contributed by atoms with Crippen LogP contribution in [0.3, 0.4) is 0 Å². The number of nitrogens with zero attached hydrogens (tertiary/aromatic N) is 1. The first-order valence-corrected chi connectivity index (χ1v) is 9.30. The largest absolute Gasteiger partial charge is 0.477 e. The molecule has 0 unspecified atom stereocenters. The van der Waals surface area contributed by atoms with E-state index in [4.69, 9.17) is 4.74 Å². The Labute approximate surface area is 159 Å². The van der Waals surface area contributed by atoms with Crippen molar-refractivity contribution in [2.75, 3.05) is 12.4 Å². The number of β-lactam (4-membered cyclic amide) rings is 1. The Kier molecular flexibility index (Phi) is 5.50. The summed E-state index contributed by atoms with van der Waals surface area (Å²) in [5.41, 5.74) is 1.02. The average Bonchev–Trinajstić information content (AvgIpc) is 2.64. The van der Waals surface area contributed by atoms with Gasteiger partial charge in [-0.05, 0) is 5.56 Å². The van der Waals surface area contributed by atoms with Gasteiger partial charge >= 0.3 is 11.9 Å². The van der Waals surface area contributed by atoms with E-state index in [0.717, 1.165) is 10.5 Å². The quantitative estimate of drug-likeness (QED) is 0.538. The molecule has 2 N–H and O–H groups in total. The number of esters is 1. The number of carbonyl (C=O) groups excluding carboxylic acids is 3. The van der Waals surface area contributed by atoms with Gasteiger partial charge in [-0.3, -0.25) is 19.3 Å². The van der Waals surface area contributed by atoms with Crippen LogP contribution in [0.25, 0.3) is 0 Å². The van der Waals surface area contributed by atoms with E-state index in [-0.39, 0.29) is 24.6 Å². The summed E-state index contributed by atoms with van der Waals surface area (Å²) in [7, 11) is 0. The van der Waals surface area contributed by atoms with Crippen molar-refractivity contribution in [3.05, 3.63) is 47.2 Å². The number of hydrogen-bond acceptors (Lipinski definition) is 6. The summed E-state index contributed by atoms with van der Waals surface area (Å²) < 4.78 is 4.88. The molecule has 1 aromatic carbocycles. The van der Waals surface area contributed by atoms with Crippen molar-refractivity contribution < 1.29 is 29.0 Å². The van der Waals surface area contributed by atoms with E-state index in [9.17, 15) is 24.3 Å². The summed E-state index contributed by atoms with van der Waals surface area (Å²) >= 11 is 1.33. The molecule has 2 heterocycles. The molecule has 1 saturated heterocycles. The third-order valence-corrected chi connectivity index (χ3v) is 5.56. The van der Waals surface area contributed by atoms with Gasteiger partial charge in [-0.15, -0.1) is 11.8 Å². The van der Waals surface area contributed by atoms with E-state index in [1.54, 1.807) is 0 Å². The van der Waals surface area contributed by atoms with Gasteiger partial charge in [0.05, 0.1) is 6.42 Å². The summed E-state index contributed by atoms with van der Waals surface area (Å²) in [5, 5.41) is 11.7. The highest BCUT2D eigenvalue weighted by atomic mass is 32.2. The number of fused-ring (bicyclic) bond motifs is 1. The Balaban J connectivity index is 1.68. The Morgan fingerprint density at radius 3 is 2.63 bits per heavy atom. The lowest BCUT2D eigenvalue weighted by Crippen LogP contribution is -2.70. The zero-order valence-corrected chi connectivity index (χ0v) is 15.3. The van der Waals surface area contributed by atoms with Crippen molar-refractivity contribution >= 4 is 35.5 Å². The average molecular weight is 390 g/mol. The molecule has 1 fully saturated rings. The molecular formula is C18H18N2O6S. The van der Waals surface area contributed by atoms with Crippen molar-refractivity contribution in [3.8, 4) is 0 Å². The molecular weight excluding hydrogens is 372 g/mol. The lowest BCUT2D eigenvalue weighted by molar-refractivity contribution is -0.151. The molecule has 3 rings (SSSR count). The second kappa shape index (κ2) is 7.83. The van der Waals surface area contributed by atoms with Crippen LogP contribution >= 0.6 is 11.8 Å². The zero-order chi connectivity index (χ0) is 19.6. The van der Waals surface area contributed by atoms with Gasteiger partial charge in [0, 0.05) is 18.2 Å². The SMILES string of the molecule is CC(=O)OCC1=C(C(=O)O)N2C(=O)[C@H](NC(=O)Cc3ccccc3)[C@H]2SC1. The summed E-state index contributed by atoms with van der Waals surface area (Å²) in [6, 6.07) is 8.36. The number of carboxylic acids is 1. The number of nitrogens with one attached hydrogen (secondary N) is 1. The minimum atomic E-state index is -1.26. The number of benzene rings is 1. The summed E-state index contributed by atoms with van der Waals surface area (Å²) in [5.74, 6) is -2.27. The first-order chi connectivity index (χ1) is 12.9. The Morgan fingerprint density at radius 2 is 2.00 bits per heavy atom. The predicted molar refractivity (Wildman–Crippen MR) is 96.5 cm³/mol. The minimum Gasteiger partial charge on any atom is -0.477 e. The lowest BCUT2D eigenvalue weighted by Gasteiger charge is -2.49. The third kappa shape index (κ3) is 3.97. The van der Waals surface area contributed by atoms with E-state index < -0.39 is 29.3 Å². The van der Waals surface area contributed by atoms with Crippen molar-refractivity contribution in [3.63, 3.8) is 0 Å². The van der Waals surface area contributed by atoms with Crippen molar-refractivity contribution in [1.82, 2.24) is 10.2 Å². The molecule has 142 valence electrons. The standard InChI is InChI=1S/C18H18N2O6S/c1-10(21)26-8-12-9-27-17-14(16(23)20(17)15(12)18(24)25)19-13(22)7-11-5-3-2-4-6-11/h2-6,14,17H,7-9H2,1H3,(H,19,22)(H,24,25)/t14-,17+/m0/s1. The summed E-state index contributed by atoms with van der Waals surface area (Å²) in [6.07, 6.45) is 0.140. The molecule has 2 amide bonds. The summed E-state index contributed by atoms with van der Waals surface area (Å²) in [6.45, 7) is 1.05. The molecule has 27 heavy (non-hydrogen) atoms. The lowest BCUT2D eigenvalue weighted by atomic mass is 10.0. The fraction of sp³-hybridized carbons (Fsp3) is 0.333. The Morgan fingerprint density at radius 1 is 1.30 bits per heavy atom. The maximum atomic E-state index is 12.5. The maximum Gasteiger partial charge on any atom is 0.352 e. The van der Waals surface area contributed by atoms with Crippen LogP contribution in [0, 0.1) is 0 Å². The predicted octanol–water partition coefficient (Wildman–Crippen LogP) is 0.531. The number of amides is 2. The molecule has 2 aliphatic rings. The zero-order valence-electron chi connectivity index (χ0n) is 14.5. The van der Waals surface area contributed by atoms with Crippen LogP contribution < -0.4 is 5.32 Å². The minimum absolute atomic E-state index is 0.140. The number of thioether (sulfide) groups is 1. The molecule has 9 heteroatoms. The van der Waals surface area contributed by atoms with Crippen molar-refractivity contribution in [1.29, 1.82) is 0 Å². The monoisotopic (exact) mass is 390 g/mol. The molecule has 0 saturated carbocycles. The number of aliphatic carboxylic acids is 1. The fourth-order valence-corrected chi connectivity index (χ4v) is 4.32. The fourth-order valence-electron chi connectivity index (χ4n) is 2.99. The molecule has 8 nitrogen and oxygen atoms in total. The van der Waals surface area contributed by atoms with Gasteiger partial charge in [0.1, 0.15) is 23.7 Å². The van der Waals surface area contributed by atoms with Gasteiger partial charge in [0.15, 0.2) is 0 Å². The molecule has 1 aromatic rings. The van der Waals surface area contributed by atoms with Crippen LogP contribution in [-0.2, 0) is 30.3 Å². The smallest absolute Gasteiger partial charge is 0.352 e. The Hall–Kier alpha value is -2.81. The second-order valence-electron chi connectivity index (χ2n) is 6.15. The van der Waals surface area contributed by atoms with Gasteiger partial charge in [-0.25, -0.2) is 4.79 Å². The molecule has 0 radical (unpaired) electrons. The Bertz CT molecular complexity index is 822. The number of ether oxygens (including phenoxy) is 1.